The number of rotatable bonds is 3. The van der Waals surface area contributed by atoms with Crippen molar-refractivity contribution in [1.82, 2.24) is 0 Å². The lowest BCUT2D eigenvalue weighted by atomic mass is 9.89. The molecule has 4 rings (SSSR count). The van der Waals surface area contributed by atoms with Crippen LogP contribution in [-0.2, 0) is 0 Å². The van der Waals surface area contributed by atoms with Crippen LogP contribution in [0.5, 0.6) is 0 Å². The van der Waals surface area contributed by atoms with Crippen molar-refractivity contribution in [3.63, 3.8) is 0 Å². The fraction of sp³-hybridized carbons (Fsp3) is 0.172. The Hall–Kier alpha value is -3.12. The van der Waals surface area contributed by atoms with E-state index < -0.39 is 0 Å². The third kappa shape index (κ3) is 5.93. The van der Waals surface area contributed by atoms with Crippen LogP contribution < -0.4 is 0 Å². The Kier molecular flexibility index (Phi) is 10.8. The van der Waals surface area contributed by atoms with E-state index in [-0.39, 0.29) is 7.43 Å². The molecule has 0 atom stereocenters. The minimum absolute atomic E-state index is 0. The average Bonchev–Trinajstić information content (AvgIpc) is 2.83. The highest BCUT2D eigenvalue weighted by Crippen LogP contribution is 2.37. The van der Waals surface area contributed by atoms with Gasteiger partial charge in [0, 0.05) is 0 Å². The Bertz CT molecular complexity index is 857. The maximum Gasteiger partial charge on any atom is -0.00992 e. The van der Waals surface area contributed by atoms with Crippen LogP contribution in [0, 0.1) is 0 Å². The van der Waals surface area contributed by atoms with Gasteiger partial charge in [-0.3, -0.25) is 0 Å². The Morgan fingerprint density at radius 2 is 0.552 bits per heavy atom. The van der Waals surface area contributed by atoms with E-state index in [1.54, 1.807) is 0 Å². The predicted molar refractivity (Wildman–Crippen MR) is 132 cm³/mol. The van der Waals surface area contributed by atoms with Crippen LogP contribution in [0.25, 0.3) is 33.4 Å². The van der Waals surface area contributed by atoms with Crippen molar-refractivity contribution in [2.75, 3.05) is 0 Å². The van der Waals surface area contributed by atoms with E-state index in [1.807, 2.05) is 27.7 Å². The van der Waals surface area contributed by atoms with E-state index in [2.05, 4.69) is 109 Å². The van der Waals surface area contributed by atoms with Gasteiger partial charge in [0.05, 0.1) is 0 Å². The molecule has 29 heavy (non-hydrogen) atoms. The lowest BCUT2D eigenvalue weighted by molar-refractivity contribution is 1.50. The summed E-state index contributed by atoms with van der Waals surface area (Å²) in [5.41, 5.74) is 7.56. The molecule has 0 unspecified atom stereocenters. The second-order valence-electron chi connectivity index (χ2n) is 5.82. The van der Waals surface area contributed by atoms with Crippen LogP contribution in [0.4, 0.5) is 0 Å². The summed E-state index contributed by atoms with van der Waals surface area (Å²) in [6, 6.07) is 38.4. The van der Waals surface area contributed by atoms with Gasteiger partial charge in [-0.05, 0) is 33.4 Å². The maximum atomic E-state index is 2.21. The molecule has 0 bridgehead atoms. The van der Waals surface area contributed by atoms with Crippen LogP contribution in [-0.4, -0.2) is 0 Å². The molecule has 0 radical (unpaired) electrons. The summed E-state index contributed by atoms with van der Waals surface area (Å²) in [4.78, 5) is 0. The summed E-state index contributed by atoms with van der Waals surface area (Å²) < 4.78 is 0. The molecular weight excluding hydrogens is 348 g/mol. The molecular formula is C29H34. The molecule has 0 heterocycles. The van der Waals surface area contributed by atoms with Gasteiger partial charge in [0.2, 0.25) is 0 Å². The first-order valence-electron chi connectivity index (χ1n) is 10.2. The molecule has 0 aliphatic carbocycles. The quantitative estimate of drug-likeness (QED) is 0.331. The molecule has 0 N–H and O–H groups in total. The van der Waals surface area contributed by atoms with Crippen LogP contribution in [0.15, 0.2) is 109 Å². The van der Waals surface area contributed by atoms with Gasteiger partial charge in [0.1, 0.15) is 0 Å². The maximum absolute atomic E-state index is 2.21. The molecule has 4 aromatic carbocycles. The molecule has 0 aliphatic heterocycles. The molecule has 0 saturated carbocycles. The monoisotopic (exact) mass is 382 g/mol. The van der Waals surface area contributed by atoms with Crippen LogP contribution in [0.1, 0.15) is 35.1 Å². The van der Waals surface area contributed by atoms with Crippen molar-refractivity contribution < 1.29 is 0 Å². The number of hydrogen-bond acceptors (Lipinski definition) is 0. The number of hydrogen-bond donors (Lipinski definition) is 0. The topological polar surface area (TPSA) is 0 Å². The van der Waals surface area contributed by atoms with Crippen molar-refractivity contribution in [2.45, 2.75) is 35.1 Å². The molecule has 4 aromatic rings. The molecule has 0 heteroatoms. The van der Waals surface area contributed by atoms with Crippen molar-refractivity contribution in [1.29, 1.82) is 0 Å². The van der Waals surface area contributed by atoms with Crippen molar-refractivity contribution >= 4 is 0 Å². The van der Waals surface area contributed by atoms with Crippen molar-refractivity contribution in [2.24, 2.45) is 0 Å². The summed E-state index contributed by atoms with van der Waals surface area (Å²) in [6.45, 7) is 8.00. The van der Waals surface area contributed by atoms with Crippen molar-refractivity contribution in [3.8, 4) is 33.4 Å². The summed E-state index contributed by atoms with van der Waals surface area (Å²) in [6.07, 6.45) is 0. The highest BCUT2D eigenvalue weighted by Gasteiger charge is 2.11. The van der Waals surface area contributed by atoms with E-state index in [1.165, 1.54) is 33.4 Å². The van der Waals surface area contributed by atoms with Gasteiger partial charge in [-0.1, -0.05) is 144 Å². The first-order valence-corrected chi connectivity index (χ1v) is 10.2. The summed E-state index contributed by atoms with van der Waals surface area (Å²) in [5.74, 6) is 0. The van der Waals surface area contributed by atoms with E-state index in [0.717, 1.165) is 0 Å². The van der Waals surface area contributed by atoms with E-state index in [9.17, 15) is 0 Å². The van der Waals surface area contributed by atoms with Crippen LogP contribution in [0.2, 0.25) is 0 Å². The zero-order valence-corrected chi connectivity index (χ0v) is 17.4. The van der Waals surface area contributed by atoms with Gasteiger partial charge in [-0.25, -0.2) is 0 Å². The van der Waals surface area contributed by atoms with Gasteiger partial charge in [0.15, 0.2) is 0 Å². The third-order valence-electron chi connectivity index (χ3n) is 4.31. The molecule has 0 nitrogen and oxygen atoms in total. The standard InChI is InChI=1S/C24H18.2C2H6.CH4/c1-3-11-19(12-4-1)21-15-7-9-17-23(21)24-18-10-8-16-22(24)20-13-5-2-6-14-20;2*1-2;/h1-18H;2*1-2H3;1H4. The molecule has 0 aromatic heterocycles. The van der Waals surface area contributed by atoms with Crippen LogP contribution >= 0.6 is 0 Å². The predicted octanol–water partition coefficient (Wildman–Crippen LogP) is 9.38. The highest BCUT2D eigenvalue weighted by atomic mass is 14.1. The second kappa shape index (κ2) is 13.1. The zero-order chi connectivity index (χ0) is 20.2. The van der Waals surface area contributed by atoms with E-state index in [4.69, 9.17) is 0 Å². The minimum atomic E-state index is 0. The molecule has 0 aliphatic rings. The average molecular weight is 383 g/mol. The molecule has 0 spiro atoms. The highest BCUT2D eigenvalue weighted by molar-refractivity contribution is 5.91. The van der Waals surface area contributed by atoms with Gasteiger partial charge >= 0.3 is 0 Å². The molecule has 0 fully saturated rings. The minimum Gasteiger partial charge on any atom is -0.0776 e. The van der Waals surface area contributed by atoms with Gasteiger partial charge in [-0.2, -0.15) is 0 Å². The molecule has 0 saturated heterocycles. The number of benzene rings is 4. The second-order valence-corrected chi connectivity index (χ2v) is 5.82. The largest absolute Gasteiger partial charge is 0.0776 e. The van der Waals surface area contributed by atoms with Crippen molar-refractivity contribution in [3.05, 3.63) is 109 Å². The molecule has 0 amide bonds. The third-order valence-corrected chi connectivity index (χ3v) is 4.31. The Morgan fingerprint density at radius 3 is 0.862 bits per heavy atom. The Labute approximate surface area is 177 Å². The van der Waals surface area contributed by atoms with Gasteiger partial charge in [-0.15, -0.1) is 0 Å². The lowest BCUT2D eigenvalue weighted by Crippen LogP contribution is -1.88. The normalized spacial score (nSPS) is 9.10. The van der Waals surface area contributed by atoms with E-state index in [0.29, 0.717) is 0 Å². The first-order chi connectivity index (χ1) is 13.9. The Morgan fingerprint density at radius 1 is 0.310 bits per heavy atom. The summed E-state index contributed by atoms with van der Waals surface area (Å²) in [7, 11) is 0. The lowest BCUT2D eigenvalue weighted by Gasteiger charge is -2.14. The smallest absolute Gasteiger partial charge is 0.00992 e. The van der Waals surface area contributed by atoms with Gasteiger partial charge in [0.25, 0.3) is 0 Å². The zero-order valence-electron chi connectivity index (χ0n) is 17.4. The summed E-state index contributed by atoms with van der Waals surface area (Å²) in [5, 5.41) is 0. The SMILES string of the molecule is C.CC.CC.c1ccc(-c2ccccc2-c2ccccc2-c2ccccc2)cc1. The van der Waals surface area contributed by atoms with Crippen LogP contribution in [0.3, 0.4) is 0 Å². The fourth-order valence-corrected chi connectivity index (χ4v) is 3.17. The Balaban J connectivity index is 0.000000794. The summed E-state index contributed by atoms with van der Waals surface area (Å²) >= 11 is 0. The fourth-order valence-electron chi connectivity index (χ4n) is 3.17. The first kappa shape index (κ1) is 23.9. The molecule has 150 valence electrons. The van der Waals surface area contributed by atoms with E-state index >= 15 is 0 Å². The van der Waals surface area contributed by atoms with Gasteiger partial charge < -0.3 is 0 Å².